The molecule has 0 aliphatic carbocycles. The normalized spacial score (nSPS) is 24.4. The highest BCUT2D eigenvalue weighted by atomic mass is 16.2. The SMILES string of the molecule is CCC1CN(C)CCN1C.O=C=O. The van der Waals surface area contributed by atoms with Crippen LogP contribution in [0.15, 0.2) is 0 Å². The molecule has 0 radical (unpaired) electrons. The molecule has 0 aromatic rings. The van der Waals surface area contributed by atoms with Crippen LogP contribution in [-0.2, 0) is 9.59 Å². The maximum Gasteiger partial charge on any atom is 0.373 e. The van der Waals surface area contributed by atoms with E-state index in [1.165, 1.54) is 26.1 Å². The Hall–Kier alpha value is -0.700. The van der Waals surface area contributed by atoms with E-state index in [4.69, 9.17) is 9.59 Å². The first-order valence-corrected chi connectivity index (χ1v) is 4.53. The lowest BCUT2D eigenvalue weighted by Crippen LogP contribution is -2.49. The smallest absolute Gasteiger partial charge is 0.304 e. The van der Waals surface area contributed by atoms with Gasteiger partial charge in [-0.1, -0.05) is 6.92 Å². The number of hydrogen-bond acceptors (Lipinski definition) is 4. The van der Waals surface area contributed by atoms with Crippen molar-refractivity contribution in [3.8, 4) is 0 Å². The molecule has 0 aromatic carbocycles. The quantitative estimate of drug-likeness (QED) is 0.580. The first kappa shape index (κ1) is 12.3. The van der Waals surface area contributed by atoms with E-state index in [0.29, 0.717) is 0 Å². The van der Waals surface area contributed by atoms with E-state index >= 15 is 0 Å². The van der Waals surface area contributed by atoms with Gasteiger partial charge in [0.1, 0.15) is 0 Å². The molecule has 1 fully saturated rings. The van der Waals surface area contributed by atoms with E-state index in [-0.39, 0.29) is 6.15 Å². The first-order chi connectivity index (χ1) is 6.15. The Bertz CT molecular complexity index is 167. The average Bonchev–Trinajstić information content (AvgIpc) is 2.10. The lowest BCUT2D eigenvalue weighted by molar-refractivity contribution is -0.191. The Morgan fingerprint density at radius 2 is 1.85 bits per heavy atom. The third kappa shape index (κ3) is 4.78. The first-order valence-electron chi connectivity index (χ1n) is 4.53. The van der Waals surface area contributed by atoms with Crippen LogP contribution in [0.5, 0.6) is 0 Å². The maximum absolute atomic E-state index is 8.12. The molecule has 1 heterocycles. The number of rotatable bonds is 1. The molecule has 1 saturated heterocycles. The summed E-state index contributed by atoms with van der Waals surface area (Å²) in [5, 5.41) is 0. The van der Waals surface area contributed by atoms with Crippen molar-refractivity contribution in [2.75, 3.05) is 33.7 Å². The number of likely N-dealkylation sites (N-methyl/N-ethyl adjacent to an activating group) is 2. The van der Waals surface area contributed by atoms with E-state index in [0.717, 1.165) is 6.04 Å². The molecule has 0 N–H and O–H groups in total. The van der Waals surface area contributed by atoms with Crippen molar-refractivity contribution in [3.63, 3.8) is 0 Å². The predicted octanol–water partition coefficient (Wildman–Crippen LogP) is 0.0587. The van der Waals surface area contributed by atoms with Crippen LogP contribution in [-0.4, -0.2) is 55.7 Å². The van der Waals surface area contributed by atoms with Crippen LogP contribution in [0.4, 0.5) is 0 Å². The monoisotopic (exact) mass is 186 g/mol. The van der Waals surface area contributed by atoms with Crippen molar-refractivity contribution < 1.29 is 9.59 Å². The van der Waals surface area contributed by atoms with Gasteiger partial charge in [-0.25, -0.2) is 0 Å². The molecule has 1 aliphatic heterocycles. The van der Waals surface area contributed by atoms with E-state index in [1.54, 1.807) is 0 Å². The number of piperazine rings is 1. The highest BCUT2D eigenvalue weighted by Gasteiger charge is 2.19. The molecule has 1 rings (SSSR count). The van der Waals surface area contributed by atoms with Gasteiger partial charge in [-0.3, -0.25) is 0 Å². The van der Waals surface area contributed by atoms with Crippen molar-refractivity contribution in [1.29, 1.82) is 0 Å². The van der Waals surface area contributed by atoms with Gasteiger partial charge in [-0.05, 0) is 20.5 Å². The van der Waals surface area contributed by atoms with Crippen LogP contribution in [0.3, 0.4) is 0 Å². The van der Waals surface area contributed by atoms with Crippen LogP contribution in [0.1, 0.15) is 13.3 Å². The van der Waals surface area contributed by atoms with Crippen molar-refractivity contribution in [1.82, 2.24) is 9.80 Å². The molecule has 1 unspecified atom stereocenters. The zero-order valence-corrected chi connectivity index (χ0v) is 8.62. The number of carbonyl (C=O) groups excluding carboxylic acids is 2. The summed E-state index contributed by atoms with van der Waals surface area (Å²) in [7, 11) is 4.43. The Balaban J connectivity index is 0.000000424. The molecule has 1 atom stereocenters. The molecule has 0 spiro atoms. The minimum Gasteiger partial charge on any atom is -0.304 e. The van der Waals surface area contributed by atoms with E-state index in [1.807, 2.05) is 0 Å². The molecule has 0 saturated carbocycles. The van der Waals surface area contributed by atoms with Crippen LogP contribution >= 0.6 is 0 Å². The van der Waals surface area contributed by atoms with Crippen molar-refractivity contribution in [2.45, 2.75) is 19.4 Å². The summed E-state index contributed by atoms with van der Waals surface area (Å²) in [6, 6.07) is 0.791. The summed E-state index contributed by atoms with van der Waals surface area (Å²) < 4.78 is 0. The molecule has 0 amide bonds. The molecular weight excluding hydrogens is 168 g/mol. The lowest BCUT2D eigenvalue weighted by atomic mass is 10.1. The summed E-state index contributed by atoms with van der Waals surface area (Å²) in [5.41, 5.74) is 0. The minimum absolute atomic E-state index is 0.250. The zero-order valence-electron chi connectivity index (χ0n) is 8.62. The Morgan fingerprint density at radius 3 is 2.23 bits per heavy atom. The standard InChI is InChI=1S/C8H18N2.CO2/c1-4-8-7-9(2)5-6-10(8)3;2-1-3/h8H,4-7H2,1-3H3;. The van der Waals surface area contributed by atoms with Gasteiger partial charge in [0.15, 0.2) is 0 Å². The number of hydrogen-bond donors (Lipinski definition) is 0. The molecule has 1 aliphatic rings. The van der Waals surface area contributed by atoms with Gasteiger partial charge >= 0.3 is 6.15 Å². The molecule has 13 heavy (non-hydrogen) atoms. The largest absolute Gasteiger partial charge is 0.373 e. The van der Waals surface area contributed by atoms with Gasteiger partial charge in [-0.15, -0.1) is 0 Å². The maximum atomic E-state index is 8.12. The molecule has 76 valence electrons. The Kier molecular flexibility index (Phi) is 6.41. The predicted molar refractivity (Wildman–Crippen MR) is 49.2 cm³/mol. The van der Waals surface area contributed by atoms with Gasteiger partial charge in [0, 0.05) is 25.7 Å². The molecule has 4 nitrogen and oxygen atoms in total. The van der Waals surface area contributed by atoms with Gasteiger partial charge in [0.05, 0.1) is 0 Å². The average molecular weight is 186 g/mol. The van der Waals surface area contributed by atoms with Crippen LogP contribution in [0.2, 0.25) is 0 Å². The highest BCUT2D eigenvalue weighted by molar-refractivity contribution is 5.20. The molecule has 0 bridgehead atoms. The van der Waals surface area contributed by atoms with Crippen LogP contribution in [0, 0.1) is 0 Å². The van der Waals surface area contributed by atoms with Crippen LogP contribution < -0.4 is 0 Å². The van der Waals surface area contributed by atoms with Gasteiger partial charge in [0.25, 0.3) is 0 Å². The zero-order chi connectivity index (χ0) is 10.3. The second-order valence-electron chi connectivity index (χ2n) is 3.39. The fourth-order valence-electron chi connectivity index (χ4n) is 1.54. The highest BCUT2D eigenvalue weighted by Crippen LogP contribution is 2.07. The third-order valence-electron chi connectivity index (χ3n) is 2.45. The molecule has 0 aromatic heterocycles. The van der Waals surface area contributed by atoms with Gasteiger partial charge < -0.3 is 9.80 Å². The molecular formula is C9H18N2O2. The molecule has 4 heteroatoms. The summed E-state index contributed by atoms with van der Waals surface area (Å²) >= 11 is 0. The fourth-order valence-corrected chi connectivity index (χ4v) is 1.54. The van der Waals surface area contributed by atoms with E-state index < -0.39 is 0 Å². The second-order valence-corrected chi connectivity index (χ2v) is 3.39. The van der Waals surface area contributed by atoms with Gasteiger partial charge in [-0.2, -0.15) is 9.59 Å². The Labute approximate surface area is 79.5 Å². The van der Waals surface area contributed by atoms with Crippen molar-refractivity contribution >= 4 is 6.15 Å². The summed E-state index contributed by atoms with van der Waals surface area (Å²) in [4.78, 5) is 21.1. The van der Waals surface area contributed by atoms with Crippen molar-refractivity contribution in [2.24, 2.45) is 0 Å². The summed E-state index contributed by atoms with van der Waals surface area (Å²) in [6.45, 7) is 5.97. The van der Waals surface area contributed by atoms with Crippen LogP contribution in [0.25, 0.3) is 0 Å². The van der Waals surface area contributed by atoms with E-state index in [9.17, 15) is 0 Å². The third-order valence-corrected chi connectivity index (χ3v) is 2.45. The Morgan fingerprint density at radius 1 is 1.31 bits per heavy atom. The minimum atomic E-state index is 0.250. The number of nitrogens with zero attached hydrogens (tertiary/aromatic N) is 2. The second kappa shape index (κ2) is 6.78. The fraction of sp³-hybridized carbons (Fsp3) is 0.889. The summed E-state index contributed by atoms with van der Waals surface area (Å²) in [5.74, 6) is 0. The topological polar surface area (TPSA) is 40.6 Å². The van der Waals surface area contributed by atoms with Crippen molar-refractivity contribution in [3.05, 3.63) is 0 Å². The summed E-state index contributed by atoms with van der Waals surface area (Å²) in [6.07, 6.45) is 1.53. The van der Waals surface area contributed by atoms with E-state index in [2.05, 4.69) is 30.8 Å². The lowest BCUT2D eigenvalue weighted by Gasteiger charge is -2.37. The van der Waals surface area contributed by atoms with Gasteiger partial charge in [0.2, 0.25) is 0 Å².